The molecule has 1 saturated carbocycles. The zero-order valence-electron chi connectivity index (χ0n) is 17.8. The maximum atomic E-state index is 5.89. The van der Waals surface area contributed by atoms with Gasteiger partial charge in [0.15, 0.2) is 17.5 Å². The van der Waals surface area contributed by atoms with Crippen molar-refractivity contribution in [2.75, 3.05) is 40.5 Å². The van der Waals surface area contributed by atoms with Crippen molar-refractivity contribution in [3.05, 3.63) is 23.8 Å². The minimum absolute atomic E-state index is 0.499. The van der Waals surface area contributed by atoms with Gasteiger partial charge in [-0.3, -0.25) is 4.99 Å². The van der Waals surface area contributed by atoms with Gasteiger partial charge >= 0.3 is 0 Å². The fraction of sp³-hybridized carbons (Fsp3) is 0.682. The second kappa shape index (κ2) is 13.3. The molecule has 1 aromatic rings. The fourth-order valence-corrected chi connectivity index (χ4v) is 3.45. The first-order valence-electron chi connectivity index (χ1n) is 10.6. The summed E-state index contributed by atoms with van der Waals surface area (Å²) < 4.78 is 16.9. The molecule has 0 radical (unpaired) electrons. The van der Waals surface area contributed by atoms with Gasteiger partial charge in [0.05, 0.1) is 19.8 Å². The van der Waals surface area contributed by atoms with Crippen LogP contribution in [0, 0.1) is 0 Å². The van der Waals surface area contributed by atoms with E-state index in [2.05, 4.69) is 27.8 Å². The van der Waals surface area contributed by atoms with Gasteiger partial charge in [-0.05, 0) is 56.7 Å². The number of aliphatic imine (C=N–C) groups is 1. The largest absolute Gasteiger partial charge is 0.493 e. The van der Waals surface area contributed by atoms with E-state index >= 15 is 0 Å². The van der Waals surface area contributed by atoms with Crippen LogP contribution in [0.4, 0.5) is 0 Å². The molecular formula is C22H37N3O3. The van der Waals surface area contributed by atoms with Crippen molar-refractivity contribution in [2.24, 2.45) is 4.99 Å². The second-order valence-electron chi connectivity index (χ2n) is 7.08. The van der Waals surface area contributed by atoms with Crippen molar-refractivity contribution in [1.29, 1.82) is 0 Å². The van der Waals surface area contributed by atoms with Crippen molar-refractivity contribution in [1.82, 2.24) is 10.6 Å². The highest BCUT2D eigenvalue weighted by atomic mass is 16.5. The molecule has 158 valence electrons. The summed E-state index contributed by atoms with van der Waals surface area (Å²) in [5.74, 6) is 2.45. The number of nitrogens with zero attached hydrogens (tertiary/aromatic N) is 1. The number of nitrogens with one attached hydrogen (secondary N) is 2. The molecule has 1 aromatic carbocycles. The second-order valence-corrected chi connectivity index (χ2v) is 7.08. The van der Waals surface area contributed by atoms with E-state index in [-0.39, 0.29) is 0 Å². The van der Waals surface area contributed by atoms with Crippen LogP contribution in [0.15, 0.2) is 23.2 Å². The van der Waals surface area contributed by atoms with Crippen LogP contribution in [0.1, 0.15) is 51.0 Å². The van der Waals surface area contributed by atoms with Crippen molar-refractivity contribution in [3.8, 4) is 11.5 Å². The number of hydrogen-bond acceptors (Lipinski definition) is 4. The standard InChI is InChI=1S/C22H37N3O3/c1-4-27-21-17-18(12-13-20(21)26-3)9-7-14-24-22(23-2)25-15-8-16-28-19-10-5-6-11-19/h12-13,17,19H,4-11,14-16H2,1-3H3,(H2,23,24,25). The van der Waals surface area contributed by atoms with Crippen molar-refractivity contribution in [2.45, 2.75) is 58.0 Å². The van der Waals surface area contributed by atoms with E-state index in [1.165, 1.54) is 31.2 Å². The van der Waals surface area contributed by atoms with Gasteiger partial charge in [-0.15, -0.1) is 0 Å². The lowest BCUT2D eigenvalue weighted by atomic mass is 10.1. The van der Waals surface area contributed by atoms with E-state index in [1.807, 2.05) is 20.0 Å². The molecule has 0 bridgehead atoms. The highest BCUT2D eigenvalue weighted by Crippen LogP contribution is 2.28. The zero-order valence-corrected chi connectivity index (χ0v) is 17.8. The van der Waals surface area contributed by atoms with Crippen LogP contribution in [0.3, 0.4) is 0 Å². The van der Waals surface area contributed by atoms with Gasteiger partial charge in [-0.2, -0.15) is 0 Å². The minimum atomic E-state index is 0.499. The average molecular weight is 392 g/mol. The van der Waals surface area contributed by atoms with Crippen LogP contribution < -0.4 is 20.1 Å². The lowest BCUT2D eigenvalue weighted by Gasteiger charge is -2.14. The summed E-state index contributed by atoms with van der Waals surface area (Å²) >= 11 is 0. The van der Waals surface area contributed by atoms with E-state index in [4.69, 9.17) is 14.2 Å². The maximum absolute atomic E-state index is 5.89. The molecule has 1 fully saturated rings. The Morgan fingerprint density at radius 1 is 1.11 bits per heavy atom. The monoisotopic (exact) mass is 391 g/mol. The van der Waals surface area contributed by atoms with Gasteiger partial charge in [-0.25, -0.2) is 0 Å². The number of guanidine groups is 1. The van der Waals surface area contributed by atoms with Gasteiger partial charge in [0, 0.05) is 26.7 Å². The Kier molecular flexibility index (Phi) is 10.6. The third kappa shape index (κ3) is 7.97. The minimum Gasteiger partial charge on any atom is -0.493 e. The van der Waals surface area contributed by atoms with Crippen LogP contribution in [0.25, 0.3) is 0 Å². The van der Waals surface area contributed by atoms with Gasteiger partial charge in [-0.1, -0.05) is 18.9 Å². The van der Waals surface area contributed by atoms with Crippen LogP contribution in [-0.4, -0.2) is 52.5 Å². The Hall–Kier alpha value is -1.95. The van der Waals surface area contributed by atoms with Crippen molar-refractivity contribution >= 4 is 5.96 Å². The first kappa shape index (κ1) is 22.3. The lowest BCUT2D eigenvalue weighted by Crippen LogP contribution is -2.38. The van der Waals surface area contributed by atoms with Gasteiger partial charge in [0.25, 0.3) is 0 Å². The number of ether oxygens (including phenoxy) is 3. The van der Waals surface area contributed by atoms with E-state index in [0.717, 1.165) is 56.4 Å². The molecule has 2 N–H and O–H groups in total. The molecule has 6 heteroatoms. The van der Waals surface area contributed by atoms with Crippen molar-refractivity contribution in [3.63, 3.8) is 0 Å². The van der Waals surface area contributed by atoms with Gasteiger partial charge < -0.3 is 24.8 Å². The van der Waals surface area contributed by atoms with E-state index < -0.39 is 0 Å². The maximum Gasteiger partial charge on any atom is 0.190 e. The number of methoxy groups -OCH3 is 1. The lowest BCUT2D eigenvalue weighted by molar-refractivity contribution is 0.0574. The molecular weight excluding hydrogens is 354 g/mol. The number of hydrogen-bond donors (Lipinski definition) is 2. The average Bonchev–Trinajstić information content (AvgIpc) is 3.23. The normalized spacial score (nSPS) is 14.9. The summed E-state index contributed by atoms with van der Waals surface area (Å²) in [5.41, 5.74) is 1.25. The highest BCUT2D eigenvalue weighted by molar-refractivity contribution is 5.79. The summed E-state index contributed by atoms with van der Waals surface area (Å²) in [7, 11) is 3.48. The highest BCUT2D eigenvalue weighted by Gasteiger charge is 2.14. The van der Waals surface area contributed by atoms with E-state index in [0.29, 0.717) is 12.7 Å². The number of benzene rings is 1. The number of rotatable bonds is 12. The Balaban J connectivity index is 1.59. The molecule has 1 aliphatic carbocycles. The molecule has 1 aliphatic rings. The quantitative estimate of drug-likeness (QED) is 0.324. The predicted molar refractivity (Wildman–Crippen MR) is 115 cm³/mol. The first-order chi connectivity index (χ1) is 13.8. The van der Waals surface area contributed by atoms with E-state index in [9.17, 15) is 0 Å². The molecule has 28 heavy (non-hydrogen) atoms. The zero-order chi connectivity index (χ0) is 20.0. The molecule has 0 amide bonds. The van der Waals surface area contributed by atoms with Crippen molar-refractivity contribution < 1.29 is 14.2 Å². The Morgan fingerprint density at radius 2 is 1.86 bits per heavy atom. The topological polar surface area (TPSA) is 64.1 Å². The molecule has 0 atom stereocenters. The van der Waals surface area contributed by atoms with Crippen LogP contribution in [-0.2, 0) is 11.2 Å². The summed E-state index contributed by atoms with van der Waals surface area (Å²) in [4.78, 5) is 4.29. The third-order valence-electron chi connectivity index (χ3n) is 4.96. The van der Waals surface area contributed by atoms with E-state index in [1.54, 1.807) is 7.11 Å². The molecule has 0 heterocycles. The van der Waals surface area contributed by atoms with Crippen LogP contribution in [0.2, 0.25) is 0 Å². The summed E-state index contributed by atoms with van der Waals surface area (Å²) in [6, 6.07) is 6.14. The Bertz CT molecular complexity index is 586. The molecule has 0 spiro atoms. The van der Waals surface area contributed by atoms with Gasteiger partial charge in [0.2, 0.25) is 0 Å². The molecule has 6 nitrogen and oxygen atoms in total. The summed E-state index contributed by atoms with van der Waals surface area (Å²) in [6.45, 7) is 5.19. The summed E-state index contributed by atoms with van der Waals surface area (Å²) in [6.07, 6.45) is 8.61. The number of aryl methyl sites for hydroxylation is 1. The predicted octanol–water partition coefficient (Wildman–Crippen LogP) is 3.54. The van der Waals surface area contributed by atoms with Gasteiger partial charge in [0.1, 0.15) is 0 Å². The molecule has 0 aliphatic heterocycles. The first-order valence-corrected chi connectivity index (χ1v) is 10.6. The Morgan fingerprint density at radius 3 is 2.54 bits per heavy atom. The smallest absolute Gasteiger partial charge is 0.190 e. The SMILES string of the molecule is CCOc1cc(CCCNC(=NC)NCCCOC2CCCC2)ccc1OC. The van der Waals surface area contributed by atoms with Crippen LogP contribution >= 0.6 is 0 Å². The fourth-order valence-electron chi connectivity index (χ4n) is 3.45. The molecule has 0 saturated heterocycles. The Labute approximate surface area is 170 Å². The third-order valence-corrected chi connectivity index (χ3v) is 4.96. The summed E-state index contributed by atoms with van der Waals surface area (Å²) in [5, 5.41) is 6.73. The van der Waals surface area contributed by atoms with Crippen LogP contribution in [0.5, 0.6) is 11.5 Å². The molecule has 0 unspecified atom stereocenters. The molecule has 0 aromatic heterocycles. The molecule has 2 rings (SSSR count).